The summed E-state index contributed by atoms with van der Waals surface area (Å²) in [6, 6.07) is 9.07. The zero-order chi connectivity index (χ0) is 9.40. The van der Waals surface area contributed by atoms with Crippen LogP contribution in [0.5, 0.6) is 0 Å². The van der Waals surface area contributed by atoms with E-state index in [9.17, 15) is 4.79 Å². The Bertz CT molecular complexity index is 249. The van der Waals surface area contributed by atoms with E-state index in [1.54, 1.807) is 12.1 Å². The van der Waals surface area contributed by atoms with Gasteiger partial charge in [-0.15, -0.1) is 13.2 Å². The van der Waals surface area contributed by atoms with Crippen molar-refractivity contribution >= 4 is 5.78 Å². The van der Waals surface area contributed by atoms with Crippen molar-refractivity contribution < 1.29 is 4.79 Å². The zero-order valence-electron chi connectivity index (χ0n) is 6.99. The Labute approximate surface area is 73.0 Å². The Morgan fingerprint density at radius 2 is 1.67 bits per heavy atom. The van der Waals surface area contributed by atoms with E-state index in [2.05, 4.69) is 19.7 Å². The number of allylic oxidation sites excluding steroid dienone is 1. The van der Waals surface area contributed by atoms with Gasteiger partial charge in [-0.3, -0.25) is 4.79 Å². The summed E-state index contributed by atoms with van der Waals surface area (Å²) >= 11 is 0. The molecule has 1 heteroatoms. The topological polar surface area (TPSA) is 17.1 Å². The molecule has 1 aromatic carbocycles. The van der Waals surface area contributed by atoms with Crippen molar-refractivity contribution in [3.8, 4) is 0 Å². The monoisotopic (exact) mass is 160 g/mol. The predicted octanol–water partition coefficient (Wildman–Crippen LogP) is 2.86. The van der Waals surface area contributed by atoms with E-state index >= 15 is 0 Å². The molecule has 0 saturated heterocycles. The molecule has 62 valence electrons. The van der Waals surface area contributed by atoms with Crippen LogP contribution in [0.2, 0.25) is 0 Å². The maximum Gasteiger partial charge on any atom is 0.185 e. The molecule has 0 aliphatic carbocycles. The van der Waals surface area contributed by atoms with Crippen molar-refractivity contribution in [2.24, 2.45) is 0 Å². The second-order valence-electron chi connectivity index (χ2n) is 1.93. The first-order chi connectivity index (χ1) is 5.84. The summed E-state index contributed by atoms with van der Waals surface area (Å²) < 4.78 is 0. The van der Waals surface area contributed by atoms with Crippen LogP contribution in [0.3, 0.4) is 0 Å². The summed E-state index contributed by atoms with van der Waals surface area (Å²) in [5.74, 6) is -0.0272. The average Bonchev–Trinajstić information content (AvgIpc) is 2.21. The van der Waals surface area contributed by atoms with Gasteiger partial charge < -0.3 is 0 Å². The van der Waals surface area contributed by atoms with E-state index in [0.717, 1.165) is 0 Å². The van der Waals surface area contributed by atoms with Crippen LogP contribution >= 0.6 is 0 Å². The van der Waals surface area contributed by atoms with Crippen molar-refractivity contribution in [2.75, 3.05) is 0 Å². The van der Waals surface area contributed by atoms with Crippen LogP contribution in [0.4, 0.5) is 0 Å². The first-order valence-corrected chi connectivity index (χ1v) is 3.56. The van der Waals surface area contributed by atoms with Gasteiger partial charge in [0.2, 0.25) is 0 Å². The molecule has 1 rings (SSSR count). The number of carbonyl (C=O) groups excluding carboxylic acids is 1. The quantitative estimate of drug-likeness (QED) is 0.369. The molecule has 0 unspecified atom stereocenters. The lowest BCUT2D eigenvalue weighted by molar-refractivity contribution is 0.104. The maximum atomic E-state index is 10.9. The summed E-state index contributed by atoms with van der Waals surface area (Å²) in [7, 11) is 0. The minimum atomic E-state index is -0.0272. The molecule has 0 N–H and O–H groups in total. The van der Waals surface area contributed by atoms with Gasteiger partial charge in [-0.25, -0.2) is 0 Å². The zero-order valence-corrected chi connectivity index (χ0v) is 6.99. The summed E-state index contributed by atoms with van der Waals surface area (Å²) in [5, 5.41) is 0. The van der Waals surface area contributed by atoms with Gasteiger partial charge in [0.1, 0.15) is 0 Å². The summed E-state index contributed by atoms with van der Waals surface area (Å²) in [6.45, 7) is 9.39. The number of rotatable bonds is 2. The van der Waals surface area contributed by atoms with Crippen molar-refractivity contribution in [3.63, 3.8) is 0 Å². The lowest BCUT2D eigenvalue weighted by Gasteiger charge is -1.90. The fourth-order valence-electron chi connectivity index (χ4n) is 0.720. The Kier molecular flexibility index (Phi) is 5.28. The Balaban J connectivity index is 0.000000561. The van der Waals surface area contributed by atoms with E-state index in [0.29, 0.717) is 5.56 Å². The highest BCUT2D eigenvalue weighted by Gasteiger charge is 1.95. The fourth-order valence-corrected chi connectivity index (χ4v) is 0.720. The van der Waals surface area contributed by atoms with Crippen LogP contribution in [-0.4, -0.2) is 5.78 Å². The third-order valence-electron chi connectivity index (χ3n) is 1.24. The standard InChI is InChI=1S/C9H8O.C2H4/c1-2-9(10)8-6-4-3-5-7-8;1-2/h2-7H,1H2;1-2H2. The molecule has 0 aliphatic rings. The van der Waals surface area contributed by atoms with Gasteiger partial charge in [0.05, 0.1) is 0 Å². The lowest BCUT2D eigenvalue weighted by Crippen LogP contribution is -1.90. The van der Waals surface area contributed by atoms with E-state index in [1.807, 2.05) is 18.2 Å². The molecule has 0 bridgehead atoms. The molecule has 1 aromatic rings. The van der Waals surface area contributed by atoms with Gasteiger partial charge in [0.25, 0.3) is 0 Å². The largest absolute Gasteiger partial charge is 0.289 e. The highest BCUT2D eigenvalue weighted by Crippen LogP contribution is 1.99. The van der Waals surface area contributed by atoms with Crippen molar-refractivity contribution in [1.29, 1.82) is 0 Å². The Morgan fingerprint density at radius 1 is 1.17 bits per heavy atom. The van der Waals surface area contributed by atoms with Gasteiger partial charge >= 0.3 is 0 Å². The molecule has 0 saturated carbocycles. The van der Waals surface area contributed by atoms with Gasteiger partial charge in [0, 0.05) is 5.56 Å². The Morgan fingerprint density at radius 3 is 2.08 bits per heavy atom. The number of hydrogen-bond donors (Lipinski definition) is 0. The van der Waals surface area contributed by atoms with Crippen LogP contribution in [-0.2, 0) is 0 Å². The molecule has 12 heavy (non-hydrogen) atoms. The van der Waals surface area contributed by atoms with E-state index in [1.165, 1.54) is 6.08 Å². The molecule has 0 amide bonds. The Hall–Kier alpha value is -1.63. The summed E-state index contributed by atoms with van der Waals surface area (Å²) in [4.78, 5) is 10.9. The molecule has 0 atom stereocenters. The van der Waals surface area contributed by atoms with Crippen molar-refractivity contribution in [1.82, 2.24) is 0 Å². The van der Waals surface area contributed by atoms with Crippen molar-refractivity contribution in [2.45, 2.75) is 0 Å². The second-order valence-corrected chi connectivity index (χ2v) is 1.93. The maximum absolute atomic E-state index is 10.9. The van der Waals surface area contributed by atoms with Gasteiger partial charge in [-0.2, -0.15) is 0 Å². The van der Waals surface area contributed by atoms with Crippen LogP contribution in [0, 0.1) is 0 Å². The molecule has 0 aromatic heterocycles. The molecule has 0 radical (unpaired) electrons. The van der Waals surface area contributed by atoms with Crippen LogP contribution in [0.25, 0.3) is 0 Å². The molecule has 0 spiro atoms. The minimum absolute atomic E-state index is 0.0272. The molecular formula is C11H12O. The molecule has 1 nitrogen and oxygen atoms in total. The first kappa shape index (κ1) is 10.4. The molecule has 0 fully saturated rings. The van der Waals surface area contributed by atoms with E-state index < -0.39 is 0 Å². The summed E-state index contributed by atoms with van der Waals surface area (Å²) in [6.07, 6.45) is 1.31. The van der Waals surface area contributed by atoms with Crippen LogP contribution in [0.1, 0.15) is 10.4 Å². The first-order valence-electron chi connectivity index (χ1n) is 3.56. The highest BCUT2D eigenvalue weighted by atomic mass is 16.1. The SMILES string of the molecule is C=C.C=CC(=O)c1ccccc1. The number of hydrogen-bond acceptors (Lipinski definition) is 1. The number of benzene rings is 1. The predicted molar refractivity (Wildman–Crippen MR) is 52.2 cm³/mol. The van der Waals surface area contributed by atoms with Gasteiger partial charge in [-0.05, 0) is 6.08 Å². The van der Waals surface area contributed by atoms with E-state index in [4.69, 9.17) is 0 Å². The van der Waals surface area contributed by atoms with Crippen molar-refractivity contribution in [3.05, 3.63) is 61.7 Å². The average molecular weight is 160 g/mol. The number of ketones is 1. The van der Waals surface area contributed by atoms with Gasteiger partial charge in [0.15, 0.2) is 5.78 Å². The lowest BCUT2D eigenvalue weighted by atomic mass is 10.1. The fraction of sp³-hybridized carbons (Fsp3) is 0. The molecule has 0 aliphatic heterocycles. The van der Waals surface area contributed by atoms with Crippen LogP contribution < -0.4 is 0 Å². The van der Waals surface area contributed by atoms with E-state index in [-0.39, 0.29) is 5.78 Å². The minimum Gasteiger partial charge on any atom is -0.289 e. The third kappa shape index (κ3) is 2.97. The second kappa shape index (κ2) is 6.10. The normalized spacial score (nSPS) is 7.67. The smallest absolute Gasteiger partial charge is 0.185 e. The van der Waals surface area contributed by atoms with Gasteiger partial charge in [-0.1, -0.05) is 36.9 Å². The molecule has 0 heterocycles. The molecular weight excluding hydrogens is 148 g/mol. The number of carbonyl (C=O) groups is 1. The van der Waals surface area contributed by atoms with Crippen LogP contribution in [0.15, 0.2) is 56.1 Å². The third-order valence-corrected chi connectivity index (χ3v) is 1.24. The highest BCUT2D eigenvalue weighted by molar-refractivity contribution is 6.04. The summed E-state index contributed by atoms with van der Waals surface area (Å²) in [5.41, 5.74) is 0.692.